The Morgan fingerprint density at radius 1 is 1.11 bits per heavy atom. The van der Waals surface area contributed by atoms with Crippen molar-refractivity contribution in [1.29, 1.82) is 0 Å². The summed E-state index contributed by atoms with van der Waals surface area (Å²) in [5.74, 6) is 0.912. The second-order valence-corrected chi connectivity index (χ2v) is 5.83. The predicted octanol–water partition coefficient (Wildman–Crippen LogP) is 4.22. The lowest BCUT2D eigenvalue weighted by molar-refractivity contribution is 0.340. The number of hydrogen-bond acceptors (Lipinski definition) is 2. The Kier molecular flexibility index (Phi) is 3.55. The van der Waals surface area contributed by atoms with Gasteiger partial charge in [0.05, 0.1) is 12.1 Å². The number of aromatic nitrogens is 1. The van der Waals surface area contributed by atoms with E-state index in [9.17, 15) is 0 Å². The van der Waals surface area contributed by atoms with E-state index in [1.165, 1.54) is 0 Å². The minimum absolute atomic E-state index is 0.270. The summed E-state index contributed by atoms with van der Waals surface area (Å²) in [7, 11) is 0. The van der Waals surface area contributed by atoms with E-state index >= 15 is 0 Å². The number of hydrogen-bond donors (Lipinski definition) is 0. The Bertz CT molecular complexity index is 540. The summed E-state index contributed by atoms with van der Waals surface area (Å²) in [4.78, 5) is 4.71. The third-order valence-electron chi connectivity index (χ3n) is 2.74. The van der Waals surface area contributed by atoms with Gasteiger partial charge < -0.3 is 4.74 Å². The highest BCUT2D eigenvalue weighted by molar-refractivity contribution is 5.80. The first-order valence-corrected chi connectivity index (χ1v) is 6.50. The van der Waals surface area contributed by atoms with Gasteiger partial charge in [0.25, 0.3) is 0 Å². The van der Waals surface area contributed by atoms with E-state index in [0.29, 0.717) is 6.61 Å². The van der Waals surface area contributed by atoms with Gasteiger partial charge in [0.1, 0.15) is 5.75 Å². The van der Waals surface area contributed by atoms with Gasteiger partial charge >= 0.3 is 0 Å². The second kappa shape index (κ2) is 4.97. The van der Waals surface area contributed by atoms with Crippen LogP contribution in [0.25, 0.3) is 10.9 Å². The maximum atomic E-state index is 5.50. The number of rotatable bonds is 3. The summed E-state index contributed by atoms with van der Waals surface area (Å²) in [6, 6.07) is 10.3. The van der Waals surface area contributed by atoms with Crippen LogP contribution in [-0.2, 0) is 6.42 Å². The van der Waals surface area contributed by atoms with E-state index in [-0.39, 0.29) is 5.41 Å². The van der Waals surface area contributed by atoms with Gasteiger partial charge in [-0.1, -0.05) is 26.8 Å². The molecule has 0 atom stereocenters. The van der Waals surface area contributed by atoms with E-state index in [0.717, 1.165) is 28.8 Å². The SMILES string of the molecule is CCOc1ccc2nc(CC(C)(C)C)ccc2c1. The molecule has 2 heteroatoms. The molecule has 1 heterocycles. The molecule has 0 radical (unpaired) electrons. The molecule has 18 heavy (non-hydrogen) atoms. The van der Waals surface area contributed by atoms with Crippen LogP contribution in [0, 0.1) is 5.41 Å². The number of nitrogens with zero attached hydrogens (tertiary/aromatic N) is 1. The summed E-state index contributed by atoms with van der Waals surface area (Å²) in [5, 5.41) is 1.14. The lowest BCUT2D eigenvalue weighted by Crippen LogP contribution is -2.10. The van der Waals surface area contributed by atoms with Gasteiger partial charge in [0.15, 0.2) is 0 Å². The molecule has 0 unspecified atom stereocenters. The first-order valence-electron chi connectivity index (χ1n) is 6.50. The zero-order valence-corrected chi connectivity index (χ0v) is 11.7. The summed E-state index contributed by atoms with van der Waals surface area (Å²) in [6.45, 7) is 9.39. The zero-order valence-electron chi connectivity index (χ0n) is 11.7. The van der Waals surface area contributed by atoms with Crippen molar-refractivity contribution in [2.24, 2.45) is 5.41 Å². The largest absolute Gasteiger partial charge is 0.494 e. The standard InChI is InChI=1S/C16H21NO/c1-5-18-14-8-9-15-12(10-14)6-7-13(17-15)11-16(2,3)4/h6-10H,5,11H2,1-4H3. The van der Waals surface area contributed by atoms with Crippen molar-refractivity contribution in [3.05, 3.63) is 36.0 Å². The van der Waals surface area contributed by atoms with E-state index in [1.54, 1.807) is 0 Å². The summed E-state index contributed by atoms with van der Waals surface area (Å²) >= 11 is 0. The molecule has 0 amide bonds. The number of benzene rings is 1. The normalized spacial score (nSPS) is 11.8. The lowest BCUT2D eigenvalue weighted by atomic mass is 9.90. The fourth-order valence-electron chi connectivity index (χ4n) is 2.04. The lowest BCUT2D eigenvalue weighted by Gasteiger charge is -2.17. The summed E-state index contributed by atoms with van der Waals surface area (Å²) < 4.78 is 5.50. The minimum atomic E-state index is 0.270. The first-order chi connectivity index (χ1) is 8.48. The Hall–Kier alpha value is -1.57. The number of ether oxygens (including phenoxy) is 1. The van der Waals surface area contributed by atoms with Crippen LogP contribution >= 0.6 is 0 Å². The smallest absolute Gasteiger partial charge is 0.120 e. The molecule has 1 aromatic heterocycles. The van der Waals surface area contributed by atoms with Gasteiger partial charge in [-0.05, 0) is 43.0 Å². The molecule has 0 spiro atoms. The van der Waals surface area contributed by atoms with E-state index < -0.39 is 0 Å². The summed E-state index contributed by atoms with van der Waals surface area (Å²) in [5.41, 5.74) is 2.46. The van der Waals surface area contributed by atoms with Gasteiger partial charge in [-0.2, -0.15) is 0 Å². The molecular formula is C16H21NO. The second-order valence-electron chi connectivity index (χ2n) is 5.83. The number of pyridine rings is 1. The van der Waals surface area contributed by atoms with Crippen molar-refractivity contribution in [3.8, 4) is 5.75 Å². The minimum Gasteiger partial charge on any atom is -0.494 e. The highest BCUT2D eigenvalue weighted by atomic mass is 16.5. The van der Waals surface area contributed by atoms with Crippen LogP contribution in [0.3, 0.4) is 0 Å². The highest BCUT2D eigenvalue weighted by Gasteiger charge is 2.12. The van der Waals surface area contributed by atoms with Gasteiger partial charge in [0.2, 0.25) is 0 Å². The third-order valence-corrected chi connectivity index (χ3v) is 2.74. The van der Waals surface area contributed by atoms with Crippen LogP contribution in [0.15, 0.2) is 30.3 Å². The average Bonchev–Trinajstić information content (AvgIpc) is 2.27. The van der Waals surface area contributed by atoms with Crippen molar-refractivity contribution < 1.29 is 4.74 Å². The summed E-state index contributed by atoms with van der Waals surface area (Å²) in [6.07, 6.45) is 0.996. The van der Waals surface area contributed by atoms with Crippen molar-refractivity contribution in [3.63, 3.8) is 0 Å². The molecule has 0 N–H and O–H groups in total. The maximum Gasteiger partial charge on any atom is 0.120 e. The topological polar surface area (TPSA) is 22.1 Å². The van der Waals surface area contributed by atoms with Crippen molar-refractivity contribution in [2.75, 3.05) is 6.61 Å². The van der Waals surface area contributed by atoms with Gasteiger partial charge in [-0.15, -0.1) is 0 Å². The van der Waals surface area contributed by atoms with Crippen LogP contribution in [0.4, 0.5) is 0 Å². The van der Waals surface area contributed by atoms with Gasteiger partial charge in [-0.25, -0.2) is 0 Å². The quantitative estimate of drug-likeness (QED) is 0.805. The van der Waals surface area contributed by atoms with Crippen LogP contribution < -0.4 is 4.74 Å². The molecule has 2 nitrogen and oxygen atoms in total. The van der Waals surface area contributed by atoms with E-state index in [4.69, 9.17) is 9.72 Å². The van der Waals surface area contributed by atoms with Crippen LogP contribution in [-0.4, -0.2) is 11.6 Å². The zero-order chi connectivity index (χ0) is 13.2. The number of fused-ring (bicyclic) bond motifs is 1. The van der Waals surface area contributed by atoms with E-state index in [1.807, 2.05) is 25.1 Å². The van der Waals surface area contributed by atoms with Crippen LogP contribution in [0.2, 0.25) is 0 Å². The Morgan fingerprint density at radius 3 is 2.56 bits per heavy atom. The highest BCUT2D eigenvalue weighted by Crippen LogP contribution is 2.23. The Morgan fingerprint density at radius 2 is 1.89 bits per heavy atom. The molecule has 1 aromatic carbocycles. The molecule has 0 aliphatic carbocycles. The Labute approximate surface area is 109 Å². The van der Waals surface area contributed by atoms with E-state index in [2.05, 4.69) is 32.9 Å². The predicted molar refractivity (Wildman–Crippen MR) is 76.1 cm³/mol. The maximum absolute atomic E-state index is 5.50. The monoisotopic (exact) mass is 243 g/mol. The van der Waals surface area contributed by atoms with Crippen molar-refractivity contribution in [1.82, 2.24) is 4.98 Å². The van der Waals surface area contributed by atoms with Crippen molar-refractivity contribution in [2.45, 2.75) is 34.1 Å². The molecular weight excluding hydrogens is 222 g/mol. The Balaban J connectivity index is 2.32. The third kappa shape index (κ3) is 3.22. The first kappa shape index (κ1) is 12.9. The molecule has 0 saturated carbocycles. The molecule has 0 fully saturated rings. The molecule has 0 bridgehead atoms. The molecule has 96 valence electrons. The molecule has 0 aliphatic heterocycles. The van der Waals surface area contributed by atoms with Gasteiger partial charge in [0, 0.05) is 11.1 Å². The fourth-order valence-corrected chi connectivity index (χ4v) is 2.04. The molecule has 0 aliphatic rings. The molecule has 0 saturated heterocycles. The fraction of sp³-hybridized carbons (Fsp3) is 0.438. The van der Waals surface area contributed by atoms with Gasteiger partial charge in [-0.3, -0.25) is 4.98 Å². The molecule has 2 aromatic rings. The van der Waals surface area contributed by atoms with Crippen molar-refractivity contribution >= 4 is 10.9 Å². The average molecular weight is 243 g/mol. The van der Waals surface area contributed by atoms with Crippen LogP contribution in [0.1, 0.15) is 33.4 Å². The molecule has 2 rings (SSSR count). The van der Waals surface area contributed by atoms with Crippen LogP contribution in [0.5, 0.6) is 5.75 Å².